The highest BCUT2D eigenvalue weighted by atomic mass is 35.5. The first kappa shape index (κ1) is 17.1. The zero-order valence-corrected chi connectivity index (χ0v) is 14.3. The van der Waals surface area contributed by atoms with Crippen molar-refractivity contribution < 1.29 is 13.2 Å². The van der Waals surface area contributed by atoms with E-state index in [2.05, 4.69) is 15.5 Å². The molecule has 0 aliphatic carbocycles. The number of tetrazole rings is 1. The van der Waals surface area contributed by atoms with Crippen LogP contribution in [0.1, 0.15) is 5.56 Å². The standard InChI is InChI=1S/C15H12ClN5O3S/c16-12-6-4-11(5-7-12)8-15(22)18-25(23,24)14-3-1-2-13(9-14)21-10-17-19-20-21/h1-7,9-10H,8H2,(H,18,22). The second-order valence-electron chi connectivity index (χ2n) is 5.08. The van der Waals surface area contributed by atoms with Crippen molar-refractivity contribution in [2.75, 3.05) is 0 Å². The van der Waals surface area contributed by atoms with Gasteiger partial charge in [0.2, 0.25) is 5.91 Å². The number of nitrogens with one attached hydrogen (secondary N) is 1. The van der Waals surface area contributed by atoms with Crippen LogP contribution in [0.3, 0.4) is 0 Å². The smallest absolute Gasteiger partial charge is 0.264 e. The maximum Gasteiger partial charge on any atom is 0.264 e. The molecule has 1 heterocycles. The van der Waals surface area contributed by atoms with Crippen LogP contribution >= 0.6 is 11.6 Å². The van der Waals surface area contributed by atoms with Crippen LogP contribution < -0.4 is 4.72 Å². The zero-order chi connectivity index (χ0) is 17.9. The summed E-state index contributed by atoms with van der Waals surface area (Å²) in [5.74, 6) is -0.643. The summed E-state index contributed by atoms with van der Waals surface area (Å²) in [7, 11) is -4.01. The van der Waals surface area contributed by atoms with Crippen molar-refractivity contribution in [1.82, 2.24) is 24.9 Å². The van der Waals surface area contributed by atoms with E-state index < -0.39 is 15.9 Å². The van der Waals surface area contributed by atoms with E-state index in [9.17, 15) is 13.2 Å². The van der Waals surface area contributed by atoms with E-state index in [0.29, 0.717) is 16.3 Å². The average molecular weight is 378 g/mol. The molecule has 0 radical (unpaired) electrons. The predicted molar refractivity (Wildman–Crippen MR) is 89.6 cm³/mol. The van der Waals surface area contributed by atoms with E-state index in [1.807, 2.05) is 4.72 Å². The predicted octanol–water partition coefficient (Wildman–Crippen LogP) is 1.36. The Labute approximate surface area is 148 Å². The number of rotatable bonds is 5. The molecule has 8 nitrogen and oxygen atoms in total. The molecule has 1 amide bonds. The summed E-state index contributed by atoms with van der Waals surface area (Å²) < 4.78 is 28.2. The van der Waals surface area contributed by atoms with Gasteiger partial charge in [0.05, 0.1) is 17.0 Å². The molecule has 0 aliphatic rings. The Kier molecular flexibility index (Phi) is 4.77. The molecule has 0 fully saturated rings. The summed E-state index contributed by atoms with van der Waals surface area (Å²) >= 11 is 5.78. The Morgan fingerprint density at radius 2 is 1.92 bits per heavy atom. The fourth-order valence-electron chi connectivity index (χ4n) is 2.11. The van der Waals surface area contributed by atoms with Gasteiger partial charge in [0.1, 0.15) is 6.33 Å². The number of aromatic nitrogens is 4. The van der Waals surface area contributed by atoms with Gasteiger partial charge in [0, 0.05) is 5.02 Å². The van der Waals surface area contributed by atoms with Gasteiger partial charge >= 0.3 is 0 Å². The summed E-state index contributed by atoms with van der Waals surface area (Å²) in [4.78, 5) is 12.0. The number of nitrogens with zero attached hydrogens (tertiary/aromatic N) is 4. The van der Waals surface area contributed by atoms with Gasteiger partial charge in [-0.3, -0.25) is 4.79 Å². The molecule has 10 heteroatoms. The molecule has 25 heavy (non-hydrogen) atoms. The van der Waals surface area contributed by atoms with Crippen LogP contribution in [0.25, 0.3) is 5.69 Å². The minimum absolute atomic E-state index is 0.0649. The highest BCUT2D eigenvalue weighted by molar-refractivity contribution is 7.90. The molecule has 2 aromatic carbocycles. The number of benzene rings is 2. The summed E-state index contributed by atoms with van der Waals surface area (Å²) in [6.45, 7) is 0. The van der Waals surface area contributed by atoms with Gasteiger partial charge < -0.3 is 0 Å². The fourth-order valence-corrected chi connectivity index (χ4v) is 3.25. The molecule has 0 unspecified atom stereocenters. The van der Waals surface area contributed by atoms with Crippen LogP contribution in [0.2, 0.25) is 5.02 Å². The number of halogens is 1. The number of carbonyl (C=O) groups excluding carboxylic acids is 1. The molecule has 128 valence electrons. The van der Waals surface area contributed by atoms with E-state index in [1.165, 1.54) is 29.2 Å². The minimum Gasteiger partial charge on any atom is -0.274 e. The third kappa shape index (κ3) is 4.20. The maximum absolute atomic E-state index is 12.4. The highest BCUT2D eigenvalue weighted by Crippen LogP contribution is 2.14. The van der Waals surface area contributed by atoms with Crippen LogP contribution in [-0.2, 0) is 21.2 Å². The zero-order valence-electron chi connectivity index (χ0n) is 12.7. The first-order valence-corrected chi connectivity index (χ1v) is 8.94. The largest absolute Gasteiger partial charge is 0.274 e. The Hall–Kier alpha value is -2.78. The molecule has 1 N–H and O–H groups in total. The molecule has 0 saturated heterocycles. The minimum atomic E-state index is -4.01. The number of hydrogen-bond acceptors (Lipinski definition) is 6. The van der Waals surface area contributed by atoms with Gasteiger partial charge in [-0.2, -0.15) is 0 Å². The van der Waals surface area contributed by atoms with Crippen molar-refractivity contribution >= 4 is 27.5 Å². The van der Waals surface area contributed by atoms with Crippen molar-refractivity contribution in [3.63, 3.8) is 0 Å². The lowest BCUT2D eigenvalue weighted by Gasteiger charge is -2.08. The van der Waals surface area contributed by atoms with Crippen molar-refractivity contribution in [3.05, 3.63) is 65.4 Å². The first-order valence-electron chi connectivity index (χ1n) is 7.07. The van der Waals surface area contributed by atoms with Crippen molar-refractivity contribution in [3.8, 4) is 5.69 Å². The van der Waals surface area contributed by atoms with Crippen molar-refractivity contribution in [2.24, 2.45) is 0 Å². The SMILES string of the molecule is O=C(Cc1ccc(Cl)cc1)NS(=O)(=O)c1cccc(-n2cnnn2)c1. The molecular formula is C15H12ClN5O3S. The fraction of sp³-hybridized carbons (Fsp3) is 0.0667. The molecule has 0 spiro atoms. The summed E-state index contributed by atoms with van der Waals surface area (Å²) in [6, 6.07) is 12.5. The molecular weight excluding hydrogens is 366 g/mol. The van der Waals surface area contributed by atoms with Crippen LogP contribution in [-0.4, -0.2) is 34.5 Å². The van der Waals surface area contributed by atoms with Crippen LogP contribution in [0.4, 0.5) is 0 Å². The molecule has 0 atom stereocenters. The van der Waals surface area contributed by atoms with E-state index in [-0.39, 0.29) is 11.3 Å². The monoisotopic (exact) mass is 377 g/mol. The Balaban J connectivity index is 1.76. The van der Waals surface area contributed by atoms with E-state index >= 15 is 0 Å². The van der Waals surface area contributed by atoms with E-state index in [1.54, 1.807) is 30.3 Å². The summed E-state index contributed by atoms with van der Waals surface area (Å²) in [5, 5.41) is 11.2. The van der Waals surface area contributed by atoms with Gasteiger partial charge in [-0.15, -0.1) is 5.10 Å². The first-order chi connectivity index (χ1) is 11.9. The lowest BCUT2D eigenvalue weighted by molar-refractivity contribution is -0.118. The van der Waals surface area contributed by atoms with Gasteiger partial charge in [-0.25, -0.2) is 17.8 Å². The Morgan fingerprint density at radius 3 is 2.60 bits per heavy atom. The van der Waals surface area contributed by atoms with Gasteiger partial charge in [0.25, 0.3) is 10.0 Å². The molecule has 3 rings (SSSR count). The van der Waals surface area contributed by atoms with Gasteiger partial charge in [-0.1, -0.05) is 29.8 Å². The number of hydrogen-bond donors (Lipinski definition) is 1. The summed E-state index contributed by atoms with van der Waals surface area (Å²) in [6.07, 6.45) is 1.26. The van der Waals surface area contributed by atoms with Crippen molar-refractivity contribution in [2.45, 2.75) is 11.3 Å². The van der Waals surface area contributed by atoms with E-state index in [4.69, 9.17) is 11.6 Å². The summed E-state index contributed by atoms with van der Waals surface area (Å²) in [5.41, 5.74) is 1.11. The molecule has 0 bridgehead atoms. The average Bonchev–Trinajstić information content (AvgIpc) is 3.11. The molecule has 0 aliphatic heterocycles. The van der Waals surface area contributed by atoms with Crippen LogP contribution in [0.5, 0.6) is 0 Å². The normalized spacial score (nSPS) is 11.2. The Morgan fingerprint density at radius 1 is 1.16 bits per heavy atom. The molecule has 0 saturated carbocycles. The maximum atomic E-state index is 12.4. The van der Waals surface area contributed by atoms with Crippen molar-refractivity contribution in [1.29, 1.82) is 0 Å². The Bertz CT molecular complexity index is 988. The highest BCUT2D eigenvalue weighted by Gasteiger charge is 2.18. The number of amides is 1. The number of sulfonamides is 1. The van der Waals surface area contributed by atoms with Gasteiger partial charge in [-0.05, 0) is 46.3 Å². The third-order valence-electron chi connectivity index (χ3n) is 3.27. The quantitative estimate of drug-likeness (QED) is 0.719. The van der Waals surface area contributed by atoms with Crippen LogP contribution in [0.15, 0.2) is 59.8 Å². The topological polar surface area (TPSA) is 107 Å². The lowest BCUT2D eigenvalue weighted by atomic mass is 10.1. The number of carbonyl (C=O) groups is 1. The van der Waals surface area contributed by atoms with E-state index in [0.717, 1.165) is 0 Å². The second-order valence-corrected chi connectivity index (χ2v) is 7.20. The van der Waals surface area contributed by atoms with Crippen LogP contribution in [0, 0.1) is 0 Å². The molecule has 1 aromatic heterocycles. The third-order valence-corrected chi connectivity index (χ3v) is 4.89. The lowest BCUT2D eigenvalue weighted by Crippen LogP contribution is -2.31. The van der Waals surface area contributed by atoms with Gasteiger partial charge in [0.15, 0.2) is 0 Å². The molecule has 3 aromatic rings. The second kappa shape index (κ2) is 6.99.